The molecule has 43 heavy (non-hydrogen) atoms. The van der Waals surface area contributed by atoms with Gasteiger partial charge in [0.05, 0.1) is 35.6 Å². The van der Waals surface area contributed by atoms with E-state index >= 15 is 4.39 Å². The van der Waals surface area contributed by atoms with Gasteiger partial charge in [0, 0.05) is 41.1 Å². The third kappa shape index (κ3) is 4.02. The van der Waals surface area contributed by atoms with Gasteiger partial charge < -0.3 is 24.8 Å². The summed E-state index contributed by atoms with van der Waals surface area (Å²) in [6, 6.07) is 13.4. The fraction of sp³-hybridized carbons (Fsp3) is 0.382. The van der Waals surface area contributed by atoms with E-state index in [9.17, 15) is 19.8 Å². The normalized spacial score (nSPS) is 21.8. The number of fused-ring (bicyclic) bond motifs is 5. The number of carbonyl (C=O) groups is 1. The monoisotopic (exact) mass is 583 g/mol. The molecule has 2 aliphatic heterocycles. The summed E-state index contributed by atoms with van der Waals surface area (Å²) in [4.78, 5) is 31.6. The van der Waals surface area contributed by atoms with Gasteiger partial charge in [-0.05, 0) is 60.9 Å². The van der Waals surface area contributed by atoms with Crippen molar-refractivity contribution < 1.29 is 24.1 Å². The molecule has 0 fully saturated rings. The van der Waals surface area contributed by atoms with Crippen molar-refractivity contribution in [2.45, 2.75) is 63.7 Å². The van der Waals surface area contributed by atoms with Crippen molar-refractivity contribution >= 4 is 16.9 Å². The summed E-state index contributed by atoms with van der Waals surface area (Å²) in [5.41, 5.74) is 4.06. The van der Waals surface area contributed by atoms with E-state index in [4.69, 9.17) is 9.72 Å². The smallest absolute Gasteiger partial charge is 0.343 e. The van der Waals surface area contributed by atoms with Crippen LogP contribution in [0.4, 0.5) is 4.39 Å². The second-order valence-corrected chi connectivity index (χ2v) is 12.1. The van der Waals surface area contributed by atoms with Crippen LogP contribution in [0.2, 0.25) is 0 Å². The molecule has 222 valence electrons. The lowest BCUT2D eigenvalue weighted by Crippen LogP contribution is -2.44. The molecular formula is C34H34FN3O5. The van der Waals surface area contributed by atoms with E-state index in [0.29, 0.717) is 48.4 Å². The second-order valence-electron chi connectivity index (χ2n) is 12.1. The van der Waals surface area contributed by atoms with Crippen LogP contribution in [0.3, 0.4) is 0 Å². The molecular weight excluding hydrogens is 549 g/mol. The number of hydrogen-bond acceptors (Lipinski definition) is 7. The number of ether oxygens (including phenoxy) is 1. The standard InChI is InChI=1S/C34H34FN3O5/c1-3-34(42)24-13-27-30-22(16-38(27)31(40)23(24)17-43-32(34)41)29-28-21(19(2)25(35)14-26(28)37-30)9-10-33(29,18-36-11-12-39)15-20-7-5-4-6-8-20/h4-8,13-14,36,39,42H,3,9-12,15-18H2,1-2H3/t33?,34-/m0/s1. The number of cyclic esters (lactones) is 1. The summed E-state index contributed by atoms with van der Waals surface area (Å²) in [5.74, 6) is -1.09. The number of nitrogens with zero attached hydrogens (tertiary/aromatic N) is 2. The zero-order valence-corrected chi connectivity index (χ0v) is 24.3. The first-order valence-electron chi connectivity index (χ1n) is 14.9. The lowest BCUT2D eigenvalue weighted by molar-refractivity contribution is -0.172. The molecule has 0 amide bonds. The first kappa shape index (κ1) is 27.9. The number of rotatable bonds is 7. The Morgan fingerprint density at radius 1 is 1.14 bits per heavy atom. The van der Waals surface area contributed by atoms with Crippen LogP contribution in [0, 0.1) is 12.7 Å². The Morgan fingerprint density at radius 2 is 1.93 bits per heavy atom. The number of halogens is 1. The lowest BCUT2D eigenvalue weighted by Gasteiger charge is -2.41. The summed E-state index contributed by atoms with van der Waals surface area (Å²) in [6.45, 7) is 4.55. The molecule has 2 aromatic heterocycles. The fourth-order valence-electron chi connectivity index (χ4n) is 7.58. The van der Waals surface area contributed by atoms with Crippen molar-refractivity contribution in [3.05, 3.63) is 97.6 Å². The van der Waals surface area contributed by atoms with Crippen LogP contribution in [-0.2, 0) is 46.5 Å². The number of pyridine rings is 2. The summed E-state index contributed by atoms with van der Waals surface area (Å²) in [7, 11) is 0. The summed E-state index contributed by atoms with van der Waals surface area (Å²) in [5, 5.41) is 25.4. The van der Waals surface area contributed by atoms with Gasteiger partial charge in [-0.3, -0.25) is 4.79 Å². The van der Waals surface area contributed by atoms with Crippen LogP contribution < -0.4 is 10.9 Å². The highest BCUT2D eigenvalue weighted by Crippen LogP contribution is 2.50. The maximum absolute atomic E-state index is 15.3. The van der Waals surface area contributed by atoms with Crippen LogP contribution in [0.25, 0.3) is 22.3 Å². The molecule has 3 N–H and O–H groups in total. The van der Waals surface area contributed by atoms with Gasteiger partial charge in [-0.15, -0.1) is 0 Å². The van der Waals surface area contributed by atoms with Gasteiger partial charge in [-0.25, -0.2) is 14.2 Å². The molecule has 4 heterocycles. The first-order chi connectivity index (χ1) is 20.7. The molecule has 0 saturated heterocycles. The van der Waals surface area contributed by atoms with Gasteiger partial charge >= 0.3 is 5.97 Å². The summed E-state index contributed by atoms with van der Waals surface area (Å²) in [6.07, 6.45) is 2.16. The Labute approximate surface area is 248 Å². The average Bonchev–Trinajstić information content (AvgIpc) is 3.38. The Hall–Kier alpha value is -3.92. The molecule has 0 spiro atoms. The molecule has 0 saturated carbocycles. The van der Waals surface area contributed by atoms with Gasteiger partial charge in [0.2, 0.25) is 0 Å². The molecule has 1 aliphatic carbocycles. The van der Waals surface area contributed by atoms with E-state index in [1.165, 1.54) is 6.07 Å². The van der Waals surface area contributed by atoms with E-state index in [1.807, 2.05) is 25.1 Å². The molecule has 0 bridgehead atoms. The zero-order chi connectivity index (χ0) is 30.1. The molecule has 2 aromatic carbocycles. The number of carbonyl (C=O) groups excluding carboxylic acids is 1. The van der Waals surface area contributed by atoms with Crippen LogP contribution in [0.1, 0.15) is 58.7 Å². The number of hydrogen-bond donors (Lipinski definition) is 3. The molecule has 7 rings (SSSR count). The van der Waals surface area contributed by atoms with E-state index in [0.717, 1.165) is 34.1 Å². The minimum Gasteiger partial charge on any atom is -0.458 e. The highest BCUT2D eigenvalue weighted by Gasteiger charge is 2.47. The van der Waals surface area contributed by atoms with Gasteiger partial charge in [0.15, 0.2) is 5.60 Å². The van der Waals surface area contributed by atoms with Crippen LogP contribution >= 0.6 is 0 Å². The number of aliphatic hydroxyl groups is 2. The number of esters is 1. The van der Waals surface area contributed by atoms with Crippen molar-refractivity contribution in [3.63, 3.8) is 0 Å². The minimum atomic E-state index is -1.93. The van der Waals surface area contributed by atoms with Gasteiger partial charge in [-0.1, -0.05) is 37.3 Å². The summed E-state index contributed by atoms with van der Waals surface area (Å²) >= 11 is 0. The SMILES string of the molecule is CC[C@@]1(O)C(=O)OCc2c1cc1n(c2=O)Cc2c-1nc1cc(F)c(C)c3c1c2C(CNCCO)(Cc1ccccc1)CC3. The Morgan fingerprint density at radius 3 is 2.67 bits per heavy atom. The number of benzene rings is 2. The van der Waals surface area contributed by atoms with Crippen molar-refractivity contribution in [2.75, 3.05) is 19.7 Å². The van der Waals surface area contributed by atoms with Crippen molar-refractivity contribution in [1.82, 2.24) is 14.9 Å². The topological polar surface area (TPSA) is 114 Å². The molecule has 1 unspecified atom stereocenters. The molecule has 4 aromatic rings. The average molecular weight is 584 g/mol. The van der Waals surface area contributed by atoms with Crippen molar-refractivity contribution in [3.8, 4) is 11.4 Å². The van der Waals surface area contributed by atoms with Gasteiger partial charge in [0.1, 0.15) is 12.4 Å². The maximum Gasteiger partial charge on any atom is 0.343 e. The van der Waals surface area contributed by atoms with E-state index in [1.54, 1.807) is 17.6 Å². The van der Waals surface area contributed by atoms with E-state index in [-0.39, 0.29) is 48.7 Å². The maximum atomic E-state index is 15.3. The third-order valence-electron chi connectivity index (χ3n) is 9.82. The van der Waals surface area contributed by atoms with Crippen molar-refractivity contribution in [2.24, 2.45) is 0 Å². The Kier molecular flexibility index (Phi) is 6.54. The Bertz CT molecular complexity index is 1870. The summed E-state index contributed by atoms with van der Waals surface area (Å²) < 4.78 is 22.2. The molecule has 9 heteroatoms. The third-order valence-corrected chi connectivity index (χ3v) is 9.82. The van der Waals surface area contributed by atoms with Gasteiger partial charge in [-0.2, -0.15) is 0 Å². The van der Waals surface area contributed by atoms with E-state index in [2.05, 4.69) is 17.4 Å². The highest BCUT2D eigenvalue weighted by molar-refractivity contribution is 5.94. The van der Waals surface area contributed by atoms with Crippen LogP contribution in [-0.4, -0.2) is 45.4 Å². The molecule has 2 atom stereocenters. The molecule has 3 aliphatic rings. The van der Waals surface area contributed by atoms with Gasteiger partial charge in [0.25, 0.3) is 5.56 Å². The second kappa shape index (κ2) is 10.1. The largest absolute Gasteiger partial charge is 0.458 e. The first-order valence-corrected chi connectivity index (χ1v) is 14.9. The van der Waals surface area contributed by atoms with E-state index < -0.39 is 17.0 Å². The Balaban J connectivity index is 1.54. The number of aliphatic hydroxyl groups excluding tert-OH is 1. The predicted octanol–water partition coefficient (Wildman–Crippen LogP) is 3.54. The molecule has 0 radical (unpaired) electrons. The van der Waals surface area contributed by atoms with Crippen LogP contribution in [0.15, 0.2) is 47.3 Å². The number of aryl methyl sites for hydroxylation is 1. The number of nitrogens with one attached hydrogen (secondary N) is 1. The predicted molar refractivity (Wildman–Crippen MR) is 159 cm³/mol. The van der Waals surface area contributed by atoms with Crippen LogP contribution in [0.5, 0.6) is 0 Å². The zero-order valence-electron chi connectivity index (χ0n) is 24.3. The number of aromatic nitrogens is 2. The highest BCUT2D eigenvalue weighted by atomic mass is 19.1. The minimum absolute atomic E-state index is 0.000293. The fourth-order valence-corrected chi connectivity index (χ4v) is 7.58. The van der Waals surface area contributed by atoms with Crippen molar-refractivity contribution in [1.29, 1.82) is 0 Å². The lowest BCUT2D eigenvalue weighted by atomic mass is 9.64. The quantitative estimate of drug-likeness (QED) is 0.198. The molecule has 8 nitrogen and oxygen atoms in total.